The molecule has 2 heterocycles. The first-order valence-electron chi connectivity index (χ1n) is 11.1. The number of benzene rings is 2. The summed E-state index contributed by atoms with van der Waals surface area (Å²) in [6.07, 6.45) is 1.04. The third-order valence-electron chi connectivity index (χ3n) is 4.85. The maximum Gasteiger partial charge on any atom is 0.352 e. The van der Waals surface area contributed by atoms with E-state index in [4.69, 9.17) is 4.84 Å². The highest BCUT2D eigenvalue weighted by atomic mass is 32.2. The van der Waals surface area contributed by atoms with E-state index in [0.717, 1.165) is 46.9 Å². The van der Waals surface area contributed by atoms with Crippen molar-refractivity contribution < 1.29 is 14.4 Å². The van der Waals surface area contributed by atoms with E-state index in [2.05, 4.69) is 26.1 Å². The highest BCUT2D eigenvalue weighted by Gasteiger charge is 2.24. The van der Waals surface area contributed by atoms with Crippen molar-refractivity contribution in [3.63, 3.8) is 0 Å². The standard InChI is InChI=1S/C24H26N6O3S2/c31-21(18-8-3-1-4-9-18)30(20-10-5-2-6-11-20)24(32)29-33-14-15-34-16-19-17-35-23(27-19)28-22-25-12-7-13-26-22/h1-6,8-11,17H,7,12-16H2,(H,29,32)(H2,25,26,27,28). The molecule has 0 radical (unpaired) electrons. The molecule has 2 aromatic carbocycles. The Morgan fingerprint density at radius 2 is 1.89 bits per heavy atom. The van der Waals surface area contributed by atoms with Crippen molar-refractivity contribution in [3.05, 3.63) is 77.3 Å². The van der Waals surface area contributed by atoms with E-state index < -0.39 is 11.9 Å². The quantitative estimate of drug-likeness (QED) is 0.293. The van der Waals surface area contributed by atoms with Crippen LogP contribution in [0, 0.1) is 0 Å². The van der Waals surface area contributed by atoms with Crippen LogP contribution in [0.2, 0.25) is 0 Å². The number of nitrogens with one attached hydrogen (secondary N) is 3. The third kappa shape index (κ3) is 7.28. The van der Waals surface area contributed by atoms with E-state index in [0.29, 0.717) is 17.0 Å². The highest BCUT2D eigenvalue weighted by Crippen LogP contribution is 2.20. The van der Waals surface area contributed by atoms with Crippen LogP contribution >= 0.6 is 23.1 Å². The minimum Gasteiger partial charge on any atom is -0.356 e. The number of hydrogen-bond donors (Lipinski definition) is 3. The molecule has 3 aromatic rings. The van der Waals surface area contributed by atoms with Gasteiger partial charge in [0.05, 0.1) is 18.0 Å². The molecule has 0 saturated heterocycles. The van der Waals surface area contributed by atoms with Gasteiger partial charge in [-0.15, -0.1) is 11.3 Å². The minimum atomic E-state index is -0.649. The van der Waals surface area contributed by atoms with Crippen LogP contribution in [0.5, 0.6) is 0 Å². The van der Waals surface area contributed by atoms with Gasteiger partial charge in [0, 0.05) is 35.5 Å². The van der Waals surface area contributed by atoms with Crippen molar-refractivity contribution in [2.45, 2.75) is 12.2 Å². The number of hydrogen-bond acceptors (Lipinski definition) is 9. The van der Waals surface area contributed by atoms with E-state index in [1.807, 2.05) is 17.5 Å². The molecule has 11 heteroatoms. The number of aliphatic imine (C=N–C) groups is 1. The SMILES string of the molecule is O=C(NOCCSCc1csc(NC2=NCCCN2)n1)N(C(=O)c1ccccc1)c1ccccc1. The predicted molar refractivity (Wildman–Crippen MR) is 141 cm³/mol. The first kappa shape index (κ1) is 24.7. The summed E-state index contributed by atoms with van der Waals surface area (Å²) in [7, 11) is 0. The average Bonchev–Trinajstić information content (AvgIpc) is 3.35. The number of nitrogens with zero attached hydrogens (tertiary/aromatic N) is 3. The summed E-state index contributed by atoms with van der Waals surface area (Å²) in [5.74, 6) is 1.70. The van der Waals surface area contributed by atoms with E-state index in [1.54, 1.807) is 60.3 Å². The zero-order valence-electron chi connectivity index (χ0n) is 19.0. The average molecular weight is 511 g/mol. The van der Waals surface area contributed by atoms with Gasteiger partial charge in [-0.25, -0.2) is 20.2 Å². The molecule has 1 aromatic heterocycles. The van der Waals surface area contributed by atoms with Gasteiger partial charge in [0.1, 0.15) is 0 Å². The number of imide groups is 1. The van der Waals surface area contributed by atoms with Crippen LogP contribution < -0.4 is 21.0 Å². The molecule has 9 nitrogen and oxygen atoms in total. The lowest BCUT2D eigenvalue weighted by molar-refractivity contribution is 0.0728. The zero-order valence-corrected chi connectivity index (χ0v) is 20.6. The lowest BCUT2D eigenvalue weighted by atomic mass is 10.2. The zero-order chi connectivity index (χ0) is 24.3. The molecule has 4 rings (SSSR count). The van der Waals surface area contributed by atoms with Crippen LogP contribution in [0.15, 0.2) is 71.0 Å². The van der Waals surface area contributed by atoms with Crippen molar-refractivity contribution in [1.82, 2.24) is 15.8 Å². The molecule has 3 amide bonds. The maximum atomic E-state index is 13.0. The van der Waals surface area contributed by atoms with Crippen LogP contribution in [0.4, 0.5) is 15.6 Å². The molecule has 0 saturated carbocycles. The summed E-state index contributed by atoms with van der Waals surface area (Å²) < 4.78 is 0. The minimum absolute atomic E-state index is 0.286. The molecular weight excluding hydrogens is 484 g/mol. The molecule has 182 valence electrons. The van der Waals surface area contributed by atoms with E-state index >= 15 is 0 Å². The predicted octanol–water partition coefficient (Wildman–Crippen LogP) is 4.13. The summed E-state index contributed by atoms with van der Waals surface area (Å²) in [4.78, 5) is 41.2. The van der Waals surface area contributed by atoms with Crippen molar-refractivity contribution in [3.8, 4) is 0 Å². The maximum absolute atomic E-state index is 13.0. The first-order chi connectivity index (χ1) is 17.2. The smallest absolute Gasteiger partial charge is 0.352 e. The first-order valence-corrected chi connectivity index (χ1v) is 13.2. The molecule has 0 spiro atoms. The van der Waals surface area contributed by atoms with Crippen LogP contribution in [0.1, 0.15) is 22.5 Å². The molecule has 0 aliphatic carbocycles. The third-order valence-corrected chi connectivity index (χ3v) is 6.62. The van der Waals surface area contributed by atoms with Gasteiger partial charge < -0.3 is 10.6 Å². The molecule has 1 aliphatic heterocycles. The summed E-state index contributed by atoms with van der Waals surface area (Å²) in [5.41, 5.74) is 4.22. The number of carbonyl (C=O) groups is 2. The number of aromatic nitrogens is 1. The Labute approximate surface area is 212 Å². The fourth-order valence-corrected chi connectivity index (χ4v) is 4.71. The van der Waals surface area contributed by atoms with Gasteiger partial charge >= 0.3 is 6.03 Å². The Kier molecular flexibility index (Phi) is 9.10. The number of urea groups is 1. The van der Waals surface area contributed by atoms with Crippen molar-refractivity contribution in [2.75, 3.05) is 35.7 Å². The second-order valence-corrected chi connectivity index (χ2v) is 9.39. The molecule has 0 atom stereocenters. The number of anilines is 2. The van der Waals surface area contributed by atoms with Gasteiger partial charge in [-0.1, -0.05) is 36.4 Å². The van der Waals surface area contributed by atoms with E-state index in [1.165, 1.54) is 11.3 Å². The summed E-state index contributed by atoms with van der Waals surface area (Å²) in [6.45, 7) is 2.03. The molecular formula is C24H26N6O3S2. The molecule has 0 bridgehead atoms. The number of rotatable bonds is 9. The van der Waals surface area contributed by atoms with Gasteiger partial charge in [-0.2, -0.15) is 11.8 Å². The van der Waals surface area contributed by atoms with Gasteiger partial charge in [-0.3, -0.25) is 14.6 Å². The van der Waals surface area contributed by atoms with Crippen LogP contribution in [0.3, 0.4) is 0 Å². The fourth-order valence-electron chi connectivity index (χ4n) is 3.20. The number of amides is 3. The van der Waals surface area contributed by atoms with Crippen LogP contribution in [-0.4, -0.2) is 48.3 Å². The van der Waals surface area contributed by atoms with E-state index in [-0.39, 0.29) is 6.61 Å². The monoisotopic (exact) mass is 510 g/mol. The Hall–Kier alpha value is -3.41. The number of thiazole rings is 1. The number of para-hydroxylation sites is 1. The molecule has 35 heavy (non-hydrogen) atoms. The molecule has 0 fully saturated rings. The summed E-state index contributed by atoms with van der Waals surface area (Å²) in [6, 6.07) is 16.8. The summed E-state index contributed by atoms with van der Waals surface area (Å²) in [5, 5.41) is 9.23. The Morgan fingerprint density at radius 3 is 2.63 bits per heavy atom. The highest BCUT2D eigenvalue weighted by molar-refractivity contribution is 7.98. The van der Waals surface area contributed by atoms with E-state index in [9.17, 15) is 9.59 Å². The van der Waals surface area contributed by atoms with Crippen LogP contribution in [-0.2, 0) is 10.6 Å². The largest absolute Gasteiger partial charge is 0.356 e. The lowest BCUT2D eigenvalue weighted by Crippen LogP contribution is -2.44. The van der Waals surface area contributed by atoms with Crippen molar-refractivity contribution >= 4 is 51.8 Å². The molecule has 1 aliphatic rings. The Bertz CT molecular complexity index is 1140. The number of carbonyl (C=O) groups excluding carboxylic acids is 2. The lowest BCUT2D eigenvalue weighted by Gasteiger charge is -2.21. The van der Waals surface area contributed by atoms with Gasteiger partial charge in [0.2, 0.25) is 0 Å². The normalized spacial score (nSPS) is 12.9. The van der Waals surface area contributed by atoms with Gasteiger partial charge in [0.25, 0.3) is 5.91 Å². The number of guanidine groups is 1. The molecule has 3 N–H and O–H groups in total. The number of thioether (sulfide) groups is 1. The summed E-state index contributed by atoms with van der Waals surface area (Å²) >= 11 is 3.17. The molecule has 0 unspecified atom stereocenters. The Morgan fingerprint density at radius 1 is 1.11 bits per heavy atom. The second kappa shape index (κ2) is 12.9. The second-order valence-electron chi connectivity index (χ2n) is 7.43. The van der Waals surface area contributed by atoms with Crippen molar-refractivity contribution in [1.29, 1.82) is 0 Å². The Balaban J connectivity index is 1.22. The van der Waals surface area contributed by atoms with Gasteiger partial charge in [-0.05, 0) is 30.7 Å². The van der Waals surface area contributed by atoms with Crippen LogP contribution in [0.25, 0.3) is 0 Å². The van der Waals surface area contributed by atoms with Gasteiger partial charge in [0.15, 0.2) is 11.1 Å². The van der Waals surface area contributed by atoms with Crippen molar-refractivity contribution in [2.24, 2.45) is 4.99 Å². The topological polar surface area (TPSA) is 108 Å². The fraction of sp³-hybridized carbons (Fsp3) is 0.250. The number of hydroxylamine groups is 1.